The number of aryl methyl sites for hydroxylation is 1. The molecule has 9 nitrogen and oxygen atoms in total. The van der Waals surface area contributed by atoms with Crippen molar-refractivity contribution in [2.75, 3.05) is 23.1 Å². The molecule has 0 bridgehead atoms. The summed E-state index contributed by atoms with van der Waals surface area (Å²) in [4.78, 5) is 40.0. The zero-order valence-corrected chi connectivity index (χ0v) is 19.8. The number of primary amides is 1. The van der Waals surface area contributed by atoms with Gasteiger partial charge >= 0.3 is 6.03 Å². The second-order valence-electron chi connectivity index (χ2n) is 8.01. The molecule has 36 heavy (non-hydrogen) atoms. The molecule has 0 saturated carbocycles. The zero-order chi connectivity index (χ0) is 26.1. The van der Waals surface area contributed by atoms with E-state index in [-0.39, 0.29) is 42.6 Å². The third kappa shape index (κ3) is 4.62. The van der Waals surface area contributed by atoms with E-state index in [2.05, 4.69) is 0 Å². The molecule has 0 saturated heterocycles. The van der Waals surface area contributed by atoms with Crippen LogP contribution in [0, 0.1) is 18.6 Å². The molecule has 188 valence electrons. The quantitative estimate of drug-likeness (QED) is 0.519. The average Bonchev–Trinajstić information content (AvgIpc) is 3.21. The molecule has 0 radical (unpaired) electrons. The number of hydrogen-bond donors (Lipinski definition) is 2. The van der Waals surface area contributed by atoms with Gasteiger partial charge in [-0.1, -0.05) is 11.6 Å². The van der Waals surface area contributed by atoms with Gasteiger partial charge in [0.25, 0.3) is 5.56 Å². The van der Waals surface area contributed by atoms with Crippen LogP contribution in [0.5, 0.6) is 5.75 Å². The first kappa shape index (κ1) is 25.1. The normalized spacial score (nSPS) is 12.6. The van der Waals surface area contributed by atoms with Gasteiger partial charge in [0.2, 0.25) is 5.91 Å². The Hall–Kier alpha value is -3.96. The van der Waals surface area contributed by atoms with Gasteiger partial charge < -0.3 is 15.6 Å². The highest BCUT2D eigenvalue weighted by atomic mass is 35.5. The lowest BCUT2D eigenvalue weighted by Gasteiger charge is -2.18. The number of amides is 3. The van der Waals surface area contributed by atoms with Crippen molar-refractivity contribution in [2.45, 2.75) is 20.0 Å². The van der Waals surface area contributed by atoms with Crippen LogP contribution in [0.1, 0.15) is 17.7 Å². The summed E-state index contributed by atoms with van der Waals surface area (Å²) in [6, 6.07) is 8.42. The number of fused-ring (bicyclic) bond motifs is 1. The van der Waals surface area contributed by atoms with Gasteiger partial charge in [-0.2, -0.15) is 0 Å². The van der Waals surface area contributed by atoms with E-state index in [9.17, 15) is 23.2 Å². The summed E-state index contributed by atoms with van der Waals surface area (Å²) < 4.78 is 33.9. The van der Waals surface area contributed by atoms with Gasteiger partial charge in [0, 0.05) is 23.4 Å². The van der Waals surface area contributed by atoms with Crippen molar-refractivity contribution >= 4 is 34.9 Å². The number of benzene rings is 2. The van der Waals surface area contributed by atoms with Crippen LogP contribution in [-0.4, -0.2) is 34.9 Å². The summed E-state index contributed by atoms with van der Waals surface area (Å²) >= 11 is 6.28. The Morgan fingerprint density at radius 1 is 1.11 bits per heavy atom. The fourth-order valence-electron chi connectivity index (χ4n) is 3.92. The molecule has 1 aliphatic heterocycles. The minimum atomic E-state index is -0.792. The number of aliphatic hydroxyl groups excluding tert-OH is 1. The minimum Gasteiger partial charge on any atom is -0.487 e. The van der Waals surface area contributed by atoms with Gasteiger partial charge in [0.05, 0.1) is 30.1 Å². The maximum Gasteiger partial charge on any atom is 0.320 e. The van der Waals surface area contributed by atoms with Crippen LogP contribution in [0.15, 0.2) is 47.3 Å². The van der Waals surface area contributed by atoms with Crippen molar-refractivity contribution in [1.29, 1.82) is 0 Å². The van der Waals surface area contributed by atoms with Crippen LogP contribution >= 0.6 is 11.6 Å². The average molecular weight is 519 g/mol. The van der Waals surface area contributed by atoms with Gasteiger partial charge in [0.15, 0.2) is 0 Å². The van der Waals surface area contributed by atoms with Crippen LogP contribution in [0.3, 0.4) is 0 Å². The molecule has 1 aromatic heterocycles. The number of aliphatic hydroxyl groups is 1. The highest BCUT2D eigenvalue weighted by Crippen LogP contribution is 2.38. The standard InChI is InChI=1S/C24H21ClF2N4O5/c1-13-8-20(36-11-14-2-3-15(26)9-17(14)27)22(25)23(34)31(13)16-4-5-18-19(10-16)29(21(33)6-7-32)12-30(18)24(28)35/h2-5,8-10,32H,6-7,11-12H2,1H3,(H2,28,35). The summed E-state index contributed by atoms with van der Waals surface area (Å²) in [5, 5.41) is 8.90. The summed E-state index contributed by atoms with van der Waals surface area (Å²) in [6.07, 6.45) is -0.165. The number of carbonyl (C=O) groups is 2. The maximum atomic E-state index is 13.9. The van der Waals surface area contributed by atoms with Crippen molar-refractivity contribution in [2.24, 2.45) is 5.73 Å². The Morgan fingerprint density at radius 2 is 1.86 bits per heavy atom. The fraction of sp³-hybridized carbons (Fsp3) is 0.208. The molecule has 0 unspecified atom stereocenters. The Labute approximate surface area is 208 Å². The van der Waals surface area contributed by atoms with Crippen LogP contribution in [0.25, 0.3) is 5.69 Å². The molecule has 12 heteroatoms. The number of urea groups is 1. The number of pyridine rings is 1. The number of ether oxygens (including phenoxy) is 1. The summed E-state index contributed by atoms with van der Waals surface area (Å²) in [7, 11) is 0. The molecule has 0 aliphatic carbocycles. The van der Waals surface area contributed by atoms with Crippen molar-refractivity contribution in [1.82, 2.24) is 4.57 Å². The van der Waals surface area contributed by atoms with E-state index >= 15 is 0 Å². The van der Waals surface area contributed by atoms with Crippen LogP contribution in [0.4, 0.5) is 25.0 Å². The Kier molecular flexibility index (Phi) is 6.95. The third-order valence-electron chi connectivity index (χ3n) is 5.67. The lowest BCUT2D eigenvalue weighted by Crippen LogP contribution is -2.41. The van der Waals surface area contributed by atoms with Crippen molar-refractivity contribution in [3.8, 4) is 11.4 Å². The third-order valence-corrected chi connectivity index (χ3v) is 6.02. The summed E-state index contributed by atoms with van der Waals surface area (Å²) in [6.45, 7) is 0.839. The number of anilines is 2. The smallest absolute Gasteiger partial charge is 0.320 e. The fourth-order valence-corrected chi connectivity index (χ4v) is 4.12. The first-order chi connectivity index (χ1) is 17.1. The number of halogens is 3. The molecule has 2 aromatic carbocycles. The molecule has 3 amide bonds. The molecule has 4 rings (SSSR count). The van der Waals surface area contributed by atoms with E-state index in [0.29, 0.717) is 22.8 Å². The molecular weight excluding hydrogens is 498 g/mol. The topological polar surface area (TPSA) is 118 Å². The second kappa shape index (κ2) is 9.96. The molecule has 0 atom stereocenters. The van der Waals surface area contributed by atoms with Crippen LogP contribution in [-0.2, 0) is 11.4 Å². The van der Waals surface area contributed by atoms with Gasteiger partial charge in [-0.3, -0.25) is 24.0 Å². The number of rotatable bonds is 6. The highest BCUT2D eigenvalue weighted by Gasteiger charge is 2.33. The van der Waals surface area contributed by atoms with E-state index in [1.807, 2.05) is 0 Å². The number of carbonyl (C=O) groups excluding carboxylic acids is 2. The largest absolute Gasteiger partial charge is 0.487 e. The van der Waals surface area contributed by atoms with Crippen LogP contribution in [0.2, 0.25) is 5.02 Å². The summed E-state index contributed by atoms with van der Waals surface area (Å²) in [5.41, 5.74) is 6.36. The Balaban J connectivity index is 1.70. The van der Waals surface area contributed by atoms with E-state index in [0.717, 1.165) is 12.1 Å². The number of nitrogens with zero attached hydrogens (tertiary/aromatic N) is 3. The van der Waals surface area contributed by atoms with Crippen molar-refractivity contribution < 1.29 is 28.2 Å². The monoisotopic (exact) mass is 518 g/mol. The van der Waals surface area contributed by atoms with Crippen LogP contribution < -0.4 is 25.8 Å². The lowest BCUT2D eigenvalue weighted by atomic mass is 10.2. The molecule has 2 heterocycles. The van der Waals surface area contributed by atoms with E-state index in [4.69, 9.17) is 27.2 Å². The number of nitrogens with two attached hydrogens (primary N) is 1. The molecule has 3 aromatic rings. The lowest BCUT2D eigenvalue weighted by molar-refractivity contribution is -0.119. The van der Waals surface area contributed by atoms with E-state index < -0.39 is 29.1 Å². The Morgan fingerprint density at radius 3 is 2.53 bits per heavy atom. The van der Waals surface area contributed by atoms with Gasteiger partial charge in [-0.15, -0.1) is 0 Å². The zero-order valence-electron chi connectivity index (χ0n) is 19.0. The predicted molar refractivity (Wildman–Crippen MR) is 129 cm³/mol. The number of hydrogen-bond acceptors (Lipinski definition) is 5. The molecule has 0 spiro atoms. The SMILES string of the molecule is Cc1cc(OCc2ccc(F)cc2F)c(Cl)c(=O)n1-c1ccc2c(c1)N(C(=O)CCO)CN2C(N)=O. The first-order valence-electron chi connectivity index (χ1n) is 10.7. The second-order valence-corrected chi connectivity index (χ2v) is 8.38. The van der Waals surface area contributed by atoms with E-state index in [1.165, 1.54) is 32.6 Å². The summed E-state index contributed by atoms with van der Waals surface area (Å²) in [5.74, 6) is -1.93. The predicted octanol–water partition coefficient (Wildman–Crippen LogP) is 3.23. The Bertz CT molecular complexity index is 1430. The van der Waals surface area contributed by atoms with Gasteiger partial charge in [-0.05, 0) is 37.3 Å². The number of aromatic nitrogens is 1. The van der Waals surface area contributed by atoms with E-state index in [1.54, 1.807) is 19.1 Å². The molecule has 1 aliphatic rings. The highest BCUT2D eigenvalue weighted by molar-refractivity contribution is 6.31. The molecule has 0 fully saturated rings. The van der Waals surface area contributed by atoms with Crippen molar-refractivity contribution in [3.63, 3.8) is 0 Å². The van der Waals surface area contributed by atoms with Gasteiger partial charge in [0.1, 0.15) is 35.7 Å². The first-order valence-corrected chi connectivity index (χ1v) is 11.1. The minimum absolute atomic E-state index is 0.0138. The molecule has 3 N–H and O–H groups in total. The maximum absolute atomic E-state index is 13.9. The van der Waals surface area contributed by atoms with Gasteiger partial charge in [-0.25, -0.2) is 13.6 Å². The van der Waals surface area contributed by atoms with Crippen molar-refractivity contribution in [3.05, 3.63) is 80.7 Å². The molecular formula is C24H21ClF2N4O5.